The Morgan fingerprint density at radius 2 is 1.74 bits per heavy atom. The van der Waals surface area contributed by atoms with Crippen LogP contribution in [0.5, 0.6) is 0 Å². The van der Waals surface area contributed by atoms with Gasteiger partial charge in [-0.05, 0) is 45.4 Å². The molecule has 1 fully saturated rings. The van der Waals surface area contributed by atoms with Crippen molar-refractivity contribution in [2.45, 2.75) is 31.2 Å². The molecule has 0 radical (unpaired) electrons. The van der Waals surface area contributed by atoms with Gasteiger partial charge in [0.1, 0.15) is 6.61 Å². The third kappa shape index (κ3) is 3.98. The number of carboxylic acid groups (broad SMARTS) is 1. The first-order valence-electron chi connectivity index (χ1n) is 11.0. The Bertz CT molecular complexity index is 1210. The molecule has 10 nitrogen and oxygen atoms in total. The maximum atomic E-state index is 12.9. The van der Waals surface area contributed by atoms with Crippen molar-refractivity contribution in [3.05, 3.63) is 65.4 Å². The molecule has 1 aliphatic heterocycles. The molecule has 2 aliphatic rings. The number of likely N-dealkylation sites (tertiary alicyclic amines) is 1. The number of aliphatic carboxylic acids is 1. The van der Waals surface area contributed by atoms with Gasteiger partial charge in [-0.3, -0.25) is 14.9 Å². The minimum absolute atomic E-state index is 0.0984. The molecule has 10 heteroatoms. The standard InChI is InChI=1S/C24H22N4O6/c29-20(30)12-14-6-5-11-28(14)23(31)21-22(27-34-26-21)25-24(32)33-13-19-17-9-3-1-7-15(17)16-8-2-4-10-18(16)19/h1-4,7-10,14,19H,5-6,11-13H2,(H,29,30)(H,25,27,32)/t14-/m0/s1. The van der Waals surface area contributed by atoms with Crippen molar-refractivity contribution < 1.29 is 28.9 Å². The number of carbonyl (C=O) groups is 3. The van der Waals surface area contributed by atoms with Crippen LogP contribution in [0.2, 0.25) is 0 Å². The van der Waals surface area contributed by atoms with Gasteiger partial charge in [0, 0.05) is 18.5 Å². The van der Waals surface area contributed by atoms with Crippen molar-refractivity contribution in [2.75, 3.05) is 18.5 Å². The molecule has 2 aromatic carbocycles. The molecule has 2 heterocycles. The van der Waals surface area contributed by atoms with E-state index < -0.39 is 24.0 Å². The van der Waals surface area contributed by atoms with E-state index >= 15 is 0 Å². The zero-order valence-corrected chi connectivity index (χ0v) is 18.1. The van der Waals surface area contributed by atoms with Crippen LogP contribution in [-0.4, -0.2) is 57.5 Å². The van der Waals surface area contributed by atoms with Crippen LogP contribution in [0, 0.1) is 0 Å². The van der Waals surface area contributed by atoms with E-state index in [4.69, 9.17) is 9.84 Å². The summed E-state index contributed by atoms with van der Waals surface area (Å²) in [6, 6.07) is 15.5. The number of benzene rings is 2. The molecule has 5 rings (SSSR count). The third-order valence-corrected chi connectivity index (χ3v) is 6.30. The quantitative estimate of drug-likeness (QED) is 0.568. The molecule has 1 atom stereocenters. The smallest absolute Gasteiger partial charge is 0.412 e. The minimum atomic E-state index is -0.986. The zero-order chi connectivity index (χ0) is 23.7. The summed E-state index contributed by atoms with van der Waals surface area (Å²) in [7, 11) is 0. The first kappa shape index (κ1) is 21.6. The van der Waals surface area contributed by atoms with Gasteiger partial charge in [-0.2, -0.15) is 0 Å². The Morgan fingerprint density at radius 1 is 1.06 bits per heavy atom. The summed E-state index contributed by atoms with van der Waals surface area (Å²) < 4.78 is 10.2. The normalized spacial score (nSPS) is 16.7. The van der Waals surface area contributed by atoms with Crippen molar-refractivity contribution in [1.82, 2.24) is 15.2 Å². The van der Waals surface area contributed by atoms with Crippen LogP contribution in [0.4, 0.5) is 10.6 Å². The number of carboxylic acids is 1. The van der Waals surface area contributed by atoms with Gasteiger partial charge in [0.05, 0.1) is 6.42 Å². The summed E-state index contributed by atoms with van der Waals surface area (Å²) in [5.41, 5.74) is 4.19. The largest absolute Gasteiger partial charge is 0.481 e. The Labute approximate surface area is 194 Å². The van der Waals surface area contributed by atoms with E-state index in [1.807, 2.05) is 48.5 Å². The highest BCUT2D eigenvalue weighted by Crippen LogP contribution is 2.44. The Hall–Kier alpha value is -4.21. The second-order valence-corrected chi connectivity index (χ2v) is 8.30. The number of carbonyl (C=O) groups excluding carboxylic acids is 2. The molecule has 0 saturated carbocycles. The topological polar surface area (TPSA) is 135 Å². The molecule has 3 aromatic rings. The molecular formula is C24H22N4O6. The monoisotopic (exact) mass is 462 g/mol. The predicted octanol–water partition coefficient (Wildman–Crippen LogP) is 3.51. The van der Waals surface area contributed by atoms with Gasteiger partial charge in [-0.25, -0.2) is 9.42 Å². The SMILES string of the molecule is O=C(O)C[C@@H]1CCCN1C(=O)c1nonc1NC(=O)OCC1c2ccccc2-c2ccccc21. The van der Waals surface area contributed by atoms with Crippen molar-refractivity contribution in [3.63, 3.8) is 0 Å². The zero-order valence-electron chi connectivity index (χ0n) is 18.1. The highest BCUT2D eigenvalue weighted by Gasteiger charge is 2.35. The maximum absolute atomic E-state index is 12.9. The number of rotatable bonds is 6. The van der Waals surface area contributed by atoms with Gasteiger partial charge in [0.2, 0.25) is 11.5 Å². The Balaban J connectivity index is 1.26. The number of nitrogens with one attached hydrogen (secondary N) is 1. The second kappa shape index (κ2) is 8.97. The lowest BCUT2D eigenvalue weighted by Gasteiger charge is -2.22. The van der Waals surface area contributed by atoms with Crippen LogP contribution >= 0.6 is 0 Å². The van der Waals surface area contributed by atoms with Crippen molar-refractivity contribution in [1.29, 1.82) is 0 Å². The fourth-order valence-electron chi connectivity index (χ4n) is 4.79. The van der Waals surface area contributed by atoms with Crippen LogP contribution < -0.4 is 5.32 Å². The van der Waals surface area contributed by atoms with Gasteiger partial charge in [0.15, 0.2) is 0 Å². The summed E-state index contributed by atoms with van der Waals surface area (Å²) >= 11 is 0. The molecule has 1 aliphatic carbocycles. The van der Waals surface area contributed by atoms with Gasteiger partial charge < -0.3 is 14.7 Å². The van der Waals surface area contributed by atoms with E-state index in [1.54, 1.807) is 0 Å². The molecule has 2 N–H and O–H groups in total. The van der Waals surface area contributed by atoms with E-state index in [2.05, 4.69) is 20.3 Å². The maximum Gasteiger partial charge on any atom is 0.412 e. The number of fused-ring (bicyclic) bond motifs is 3. The van der Waals surface area contributed by atoms with Crippen molar-refractivity contribution in [2.24, 2.45) is 0 Å². The molecule has 174 valence electrons. The predicted molar refractivity (Wildman–Crippen MR) is 119 cm³/mol. The minimum Gasteiger partial charge on any atom is -0.481 e. The lowest BCUT2D eigenvalue weighted by atomic mass is 9.98. The van der Waals surface area contributed by atoms with Crippen LogP contribution in [0.1, 0.15) is 46.8 Å². The highest BCUT2D eigenvalue weighted by molar-refractivity contribution is 6.00. The lowest BCUT2D eigenvalue weighted by molar-refractivity contribution is -0.137. The molecule has 1 aromatic heterocycles. The van der Waals surface area contributed by atoms with Crippen LogP contribution in [0.3, 0.4) is 0 Å². The van der Waals surface area contributed by atoms with Crippen LogP contribution in [0.15, 0.2) is 53.2 Å². The summed E-state index contributed by atoms with van der Waals surface area (Å²) in [4.78, 5) is 38.0. The fraction of sp³-hybridized carbons (Fsp3) is 0.292. The average Bonchev–Trinajstić information content (AvgIpc) is 3.55. The van der Waals surface area contributed by atoms with E-state index in [9.17, 15) is 14.4 Å². The third-order valence-electron chi connectivity index (χ3n) is 6.30. The highest BCUT2D eigenvalue weighted by atomic mass is 16.6. The number of anilines is 1. The lowest BCUT2D eigenvalue weighted by Crippen LogP contribution is -2.37. The van der Waals surface area contributed by atoms with E-state index in [-0.39, 0.29) is 30.5 Å². The van der Waals surface area contributed by atoms with Gasteiger partial charge in [0.25, 0.3) is 5.91 Å². The molecule has 34 heavy (non-hydrogen) atoms. The number of hydrogen-bond donors (Lipinski definition) is 2. The summed E-state index contributed by atoms with van der Waals surface area (Å²) in [6.07, 6.45) is 0.310. The number of ether oxygens (including phenoxy) is 1. The number of nitrogens with zero attached hydrogens (tertiary/aromatic N) is 3. The number of aromatic nitrogens is 2. The summed E-state index contributed by atoms with van der Waals surface area (Å²) in [6.45, 7) is 0.495. The van der Waals surface area contributed by atoms with Crippen molar-refractivity contribution >= 4 is 23.8 Å². The fourth-order valence-corrected chi connectivity index (χ4v) is 4.79. The first-order chi connectivity index (χ1) is 16.5. The van der Waals surface area contributed by atoms with Crippen LogP contribution in [-0.2, 0) is 9.53 Å². The molecule has 1 saturated heterocycles. The molecule has 0 bridgehead atoms. The van der Waals surface area contributed by atoms with Gasteiger partial charge in [-0.1, -0.05) is 48.5 Å². The summed E-state index contributed by atoms with van der Waals surface area (Å²) in [5, 5.41) is 18.8. The van der Waals surface area contributed by atoms with Gasteiger partial charge in [-0.15, -0.1) is 0 Å². The molecule has 0 unspecified atom stereocenters. The number of hydrogen-bond acceptors (Lipinski definition) is 7. The van der Waals surface area contributed by atoms with E-state index in [1.165, 1.54) is 4.90 Å². The molecular weight excluding hydrogens is 440 g/mol. The van der Waals surface area contributed by atoms with Crippen LogP contribution in [0.25, 0.3) is 11.1 Å². The molecule has 0 spiro atoms. The van der Waals surface area contributed by atoms with Gasteiger partial charge >= 0.3 is 12.1 Å². The second-order valence-electron chi connectivity index (χ2n) is 8.30. The number of amides is 2. The van der Waals surface area contributed by atoms with Crippen molar-refractivity contribution in [3.8, 4) is 11.1 Å². The summed E-state index contributed by atoms with van der Waals surface area (Å²) in [5.74, 6) is -1.81. The Kier molecular flexibility index (Phi) is 5.70. The Morgan fingerprint density at radius 3 is 2.41 bits per heavy atom. The average molecular weight is 462 g/mol. The first-order valence-corrected chi connectivity index (χ1v) is 11.0. The molecule has 2 amide bonds. The van der Waals surface area contributed by atoms with E-state index in [0.717, 1.165) is 22.3 Å². The van der Waals surface area contributed by atoms with E-state index in [0.29, 0.717) is 19.4 Å².